The standard InChI is InChI=1S/C7H10N2O2/c1-3-7(10)11-6-4-5-9(2)8-6/h4-5H,3H2,1-2H3. The predicted molar refractivity (Wildman–Crippen MR) is 39.1 cm³/mol. The summed E-state index contributed by atoms with van der Waals surface area (Å²) in [6.45, 7) is 1.74. The molecule has 4 heteroatoms. The number of carbonyl (C=O) groups is 1. The minimum absolute atomic E-state index is 0.260. The fourth-order valence-corrected chi connectivity index (χ4v) is 0.637. The Bertz CT molecular complexity index is 255. The highest BCUT2D eigenvalue weighted by molar-refractivity contribution is 5.71. The van der Waals surface area contributed by atoms with E-state index in [4.69, 9.17) is 4.74 Å². The van der Waals surface area contributed by atoms with Crippen LogP contribution in [0.1, 0.15) is 13.3 Å². The van der Waals surface area contributed by atoms with Gasteiger partial charge in [0.25, 0.3) is 0 Å². The monoisotopic (exact) mass is 154 g/mol. The smallest absolute Gasteiger partial charge is 0.312 e. The summed E-state index contributed by atoms with van der Waals surface area (Å²) in [4.78, 5) is 10.7. The summed E-state index contributed by atoms with van der Waals surface area (Å²) in [7, 11) is 1.77. The second-order valence-electron chi connectivity index (χ2n) is 2.16. The molecule has 0 saturated heterocycles. The molecular formula is C7H10N2O2. The summed E-state index contributed by atoms with van der Waals surface area (Å²) in [6, 6.07) is 1.65. The van der Waals surface area contributed by atoms with Crippen LogP contribution < -0.4 is 4.74 Å². The van der Waals surface area contributed by atoms with E-state index in [9.17, 15) is 4.79 Å². The lowest BCUT2D eigenvalue weighted by Crippen LogP contribution is -2.06. The van der Waals surface area contributed by atoms with E-state index in [-0.39, 0.29) is 5.97 Å². The molecule has 0 bridgehead atoms. The van der Waals surface area contributed by atoms with E-state index in [2.05, 4.69) is 5.10 Å². The quantitative estimate of drug-likeness (QED) is 0.590. The number of ether oxygens (including phenoxy) is 1. The first-order valence-electron chi connectivity index (χ1n) is 3.42. The van der Waals surface area contributed by atoms with Gasteiger partial charge in [-0.2, -0.15) is 0 Å². The number of aromatic nitrogens is 2. The first-order valence-corrected chi connectivity index (χ1v) is 3.42. The summed E-state index contributed by atoms with van der Waals surface area (Å²) in [6.07, 6.45) is 2.09. The van der Waals surface area contributed by atoms with Gasteiger partial charge in [-0.05, 0) is 0 Å². The minimum Gasteiger partial charge on any atom is -0.406 e. The normalized spacial score (nSPS) is 9.64. The molecule has 0 aliphatic rings. The summed E-state index contributed by atoms with van der Waals surface area (Å²) >= 11 is 0. The van der Waals surface area contributed by atoms with Gasteiger partial charge in [0.05, 0.1) is 0 Å². The summed E-state index contributed by atoms with van der Waals surface area (Å²) in [5.74, 6) is 0.100. The SMILES string of the molecule is CCC(=O)Oc1ccn(C)n1. The van der Waals surface area contributed by atoms with Crippen molar-refractivity contribution in [2.45, 2.75) is 13.3 Å². The zero-order valence-electron chi connectivity index (χ0n) is 6.57. The molecule has 0 atom stereocenters. The maximum Gasteiger partial charge on any atom is 0.312 e. The van der Waals surface area contributed by atoms with Gasteiger partial charge < -0.3 is 4.74 Å². The van der Waals surface area contributed by atoms with Crippen LogP contribution in [0.15, 0.2) is 12.3 Å². The molecule has 0 N–H and O–H groups in total. The van der Waals surface area contributed by atoms with E-state index in [0.29, 0.717) is 12.3 Å². The number of nitrogens with zero attached hydrogens (tertiary/aromatic N) is 2. The lowest BCUT2D eigenvalue weighted by atomic mass is 10.5. The Balaban J connectivity index is 2.57. The molecule has 11 heavy (non-hydrogen) atoms. The van der Waals surface area contributed by atoms with Gasteiger partial charge in [0.2, 0.25) is 5.88 Å². The molecule has 0 radical (unpaired) electrons. The Labute approximate surface area is 64.8 Å². The minimum atomic E-state index is -0.260. The van der Waals surface area contributed by atoms with E-state index in [1.165, 1.54) is 0 Å². The Morgan fingerprint density at radius 1 is 1.82 bits per heavy atom. The predicted octanol–water partition coefficient (Wildman–Crippen LogP) is 0.735. The third kappa shape index (κ3) is 2.07. The van der Waals surface area contributed by atoms with Crippen LogP contribution in [0, 0.1) is 0 Å². The molecule has 1 rings (SSSR count). The highest BCUT2D eigenvalue weighted by atomic mass is 16.5. The lowest BCUT2D eigenvalue weighted by Gasteiger charge is -1.95. The first kappa shape index (κ1) is 7.78. The van der Waals surface area contributed by atoms with Gasteiger partial charge in [-0.25, -0.2) is 0 Å². The molecule has 0 amide bonds. The van der Waals surface area contributed by atoms with Crippen LogP contribution in [-0.4, -0.2) is 15.7 Å². The average Bonchev–Trinajstić information content (AvgIpc) is 2.35. The van der Waals surface area contributed by atoms with Crippen molar-refractivity contribution in [3.8, 4) is 5.88 Å². The van der Waals surface area contributed by atoms with Crippen LogP contribution in [0.3, 0.4) is 0 Å². The number of hydrogen-bond donors (Lipinski definition) is 0. The van der Waals surface area contributed by atoms with Crippen LogP contribution in [0.2, 0.25) is 0 Å². The van der Waals surface area contributed by atoms with Crippen LogP contribution >= 0.6 is 0 Å². The molecule has 60 valence electrons. The molecule has 1 aromatic heterocycles. The van der Waals surface area contributed by atoms with E-state index >= 15 is 0 Å². The van der Waals surface area contributed by atoms with Crippen LogP contribution in [-0.2, 0) is 11.8 Å². The zero-order valence-corrected chi connectivity index (χ0v) is 6.57. The fourth-order valence-electron chi connectivity index (χ4n) is 0.637. The molecule has 0 unspecified atom stereocenters. The van der Waals surface area contributed by atoms with Gasteiger partial charge in [0.15, 0.2) is 0 Å². The number of rotatable bonds is 2. The van der Waals surface area contributed by atoms with E-state index in [1.54, 1.807) is 30.9 Å². The van der Waals surface area contributed by atoms with Crippen LogP contribution in [0.4, 0.5) is 0 Å². The molecule has 0 saturated carbocycles. The number of esters is 1. The number of hydrogen-bond acceptors (Lipinski definition) is 3. The molecule has 0 aromatic carbocycles. The molecule has 1 heterocycles. The van der Waals surface area contributed by atoms with Crippen molar-refractivity contribution in [1.29, 1.82) is 0 Å². The second kappa shape index (κ2) is 3.18. The van der Waals surface area contributed by atoms with Gasteiger partial charge in [0.1, 0.15) is 0 Å². The lowest BCUT2D eigenvalue weighted by molar-refractivity contribution is -0.134. The Morgan fingerprint density at radius 3 is 3.00 bits per heavy atom. The van der Waals surface area contributed by atoms with E-state index in [1.807, 2.05) is 0 Å². The second-order valence-corrected chi connectivity index (χ2v) is 2.16. The number of carbonyl (C=O) groups excluding carboxylic acids is 1. The van der Waals surface area contributed by atoms with Crippen LogP contribution in [0.25, 0.3) is 0 Å². The highest BCUT2D eigenvalue weighted by Gasteiger charge is 2.02. The van der Waals surface area contributed by atoms with E-state index < -0.39 is 0 Å². The topological polar surface area (TPSA) is 44.1 Å². The maximum absolute atomic E-state index is 10.7. The van der Waals surface area contributed by atoms with Gasteiger partial charge in [-0.1, -0.05) is 6.92 Å². The highest BCUT2D eigenvalue weighted by Crippen LogP contribution is 2.04. The summed E-state index contributed by atoms with van der Waals surface area (Å²) in [5, 5.41) is 3.87. The third-order valence-electron chi connectivity index (χ3n) is 1.20. The van der Waals surface area contributed by atoms with Gasteiger partial charge >= 0.3 is 5.97 Å². The van der Waals surface area contributed by atoms with Crippen molar-refractivity contribution in [1.82, 2.24) is 9.78 Å². The maximum atomic E-state index is 10.7. The Kier molecular flexibility index (Phi) is 2.25. The fraction of sp³-hybridized carbons (Fsp3) is 0.429. The summed E-state index contributed by atoms with van der Waals surface area (Å²) < 4.78 is 6.40. The van der Waals surface area contributed by atoms with Crippen molar-refractivity contribution in [2.24, 2.45) is 7.05 Å². The van der Waals surface area contributed by atoms with Crippen molar-refractivity contribution in [3.05, 3.63) is 12.3 Å². The van der Waals surface area contributed by atoms with Crippen molar-refractivity contribution < 1.29 is 9.53 Å². The Morgan fingerprint density at radius 2 is 2.55 bits per heavy atom. The van der Waals surface area contributed by atoms with Crippen molar-refractivity contribution >= 4 is 5.97 Å². The third-order valence-corrected chi connectivity index (χ3v) is 1.20. The van der Waals surface area contributed by atoms with Gasteiger partial charge in [-0.3, -0.25) is 9.48 Å². The number of aryl methyl sites for hydroxylation is 1. The first-order chi connectivity index (χ1) is 5.22. The molecule has 0 spiro atoms. The molecule has 0 aliphatic heterocycles. The van der Waals surface area contributed by atoms with Gasteiger partial charge in [-0.15, -0.1) is 5.10 Å². The molecule has 0 aliphatic carbocycles. The summed E-state index contributed by atoms with van der Waals surface area (Å²) in [5.41, 5.74) is 0. The molecule has 4 nitrogen and oxygen atoms in total. The van der Waals surface area contributed by atoms with Crippen LogP contribution in [0.5, 0.6) is 5.88 Å². The van der Waals surface area contributed by atoms with Crippen molar-refractivity contribution in [2.75, 3.05) is 0 Å². The largest absolute Gasteiger partial charge is 0.406 e. The zero-order chi connectivity index (χ0) is 8.27. The molecule has 1 aromatic rings. The van der Waals surface area contributed by atoms with Crippen molar-refractivity contribution in [3.63, 3.8) is 0 Å². The van der Waals surface area contributed by atoms with Gasteiger partial charge in [0, 0.05) is 25.7 Å². The Hall–Kier alpha value is -1.32. The van der Waals surface area contributed by atoms with E-state index in [0.717, 1.165) is 0 Å². The molecular weight excluding hydrogens is 144 g/mol. The molecule has 0 fully saturated rings. The average molecular weight is 154 g/mol.